The lowest BCUT2D eigenvalue weighted by atomic mass is 9.58. The molecule has 114 heavy (non-hydrogen) atoms. The minimum absolute atomic E-state index is 0.0952. The van der Waals surface area contributed by atoms with Crippen molar-refractivity contribution >= 4 is 35.4 Å². The van der Waals surface area contributed by atoms with E-state index in [1.165, 1.54) is 364 Å². The zero-order valence-corrected chi connectivity index (χ0v) is 71.9. The van der Waals surface area contributed by atoms with Gasteiger partial charge in [0.1, 0.15) is 24.4 Å². The lowest BCUT2D eigenvalue weighted by Crippen LogP contribution is -2.56. The molecule has 1 saturated heterocycles. The third kappa shape index (κ3) is 22.3. The van der Waals surface area contributed by atoms with Gasteiger partial charge in [-0.05, 0) is 327 Å². The quantitative estimate of drug-likeness (QED) is 0.134. The number of ether oxygens (including phenoxy) is 4. The Morgan fingerprint density at radius 1 is 0.246 bits per heavy atom. The van der Waals surface area contributed by atoms with Gasteiger partial charge in [0.25, 0.3) is 0 Å². The molecule has 0 aromatic rings. The van der Waals surface area contributed by atoms with E-state index in [0.717, 1.165) is 120 Å². The number of carbonyl (C=O) groups excluding carboxylic acids is 2. The SMILES string of the molecule is C(=CC1=NC2CCCCC2O1)C1=NC2CCCCC2O1.C(=C\C1CCC(/C=C/C2CCCCC2)CC1)/C1CCCCC1.C(=C\C1CCC(C2CCC(/C=C/C3CCCCC3)CC2)CC1)/C1CCCCC1.C1CCC2OC(C3CCC(C4=NC5CCCCC5O4)C4CCCCC34)=NC2C1.CN1C(=O)C2CCCC3CCCC(C1=O)C32. The van der Waals surface area contributed by atoms with Crippen LogP contribution in [0.4, 0.5) is 0 Å². The number of imide groups is 1. The first-order valence-electron chi connectivity index (χ1n) is 50.4. The molecule has 14 atom stereocenters. The second-order valence-corrected chi connectivity index (χ2v) is 41.4. The van der Waals surface area contributed by atoms with Gasteiger partial charge in [0.2, 0.25) is 23.6 Å². The van der Waals surface area contributed by atoms with Crippen molar-refractivity contribution in [2.45, 2.75) is 434 Å². The molecule has 15 saturated carbocycles. The lowest BCUT2D eigenvalue weighted by molar-refractivity contribution is -0.164. The van der Waals surface area contributed by atoms with Gasteiger partial charge in [-0.15, -0.1) is 0 Å². The van der Waals surface area contributed by atoms with Crippen molar-refractivity contribution in [1.82, 2.24) is 4.90 Å². The Labute approximate surface area is 693 Å². The third-order valence-electron chi connectivity index (χ3n) is 33.9. The number of hydrogen-bond acceptors (Lipinski definition) is 10. The summed E-state index contributed by atoms with van der Waals surface area (Å²) >= 11 is 0. The van der Waals surface area contributed by atoms with Crippen molar-refractivity contribution in [1.29, 1.82) is 0 Å². The summed E-state index contributed by atoms with van der Waals surface area (Å²) in [7, 11) is 1.67. The maximum absolute atomic E-state index is 12.1. The first-order valence-corrected chi connectivity index (χ1v) is 50.4. The molecule has 0 spiro atoms. The molecule has 5 aliphatic heterocycles. The van der Waals surface area contributed by atoms with Crippen LogP contribution in [0.3, 0.4) is 0 Å². The van der Waals surface area contributed by atoms with Crippen LogP contribution in [-0.2, 0) is 28.5 Å². The van der Waals surface area contributed by atoms with Crippen LogP contribution in [0.15, 0.2) is 80.7 Å². The molecule has 11 heteroatoms. The molecule has 20 aliphatic rings. The molecule has 20 rings (SSSR count). The van der Waals surface area contributed by atoms with E-state index in [9.17, 15) is 9.59 Å². The minimum Gasteiger partial charge on any atom is -0.475 e. The van der Waals surface area contributed by atoms with E-state index in [4.69, 9.17) is 28.9 Å². The van der Waals surface area contributed by atoms with E-state index in [0.29, 0.717) is 72.3 Å². The first-order chi connectivity index (χ1) is 56.2. The van der Waals surface area contributed by atoms with Crippen LogP contribution in [0.2, 0.25) is 0 Å². The minimum atomic E-state index is 0.0952. The summed E-state index contributed by atoms with van der Waals surface area (Å²) in [5, 5.41) is 0. The van der Waals surface area contributed by atoms with Crippen molar-refractivity contribution in [2.75, 3.05) is 7.05 Å². The summed E-state index contributed by atoms with van der Waals surface area (Å²) in [6.07, 6.45) is 108. The fourth-order valence-electron chi connectivity index (χ4n) is 27.1. The standard InChI is InChI=1S/C28H46.C24H36N2O2.C22H36.C16H22N2O2.C13H19NO2/c1-3-7-23(8-4-1)11-13-25-15-19-27(20-16-25)28-21-17-26(18-22-28)14-12-24-9-5-2-6-10-24;1-2-8-16-15(7-1)17(23-25-19-9-3-5-11-21(19)27-23)13-14-18(16)24-26-20-10-4-6-12-22(20)28-24;1-3-7-19(8-4-1)11-13-21-15-17-22(18-16-21)14-12-20-9-5-2-6-10-20;1-3-7-13-11(5-1)17-15(19-13)9-10-16-18-12-6-2-4-8-14(12)20-16;1-14-12(15)9-6-2-4-8-5-3-7-10(11(8)9)13(14)16/h11-14,23-28H,1-10,15-22H2;15-22H,1-14H2;11-14,19-22H,1-10,15-18H2;9-14H,1-8H2;8-11H,2-7H2,1H3/b13-11+,14-12+;;13-11+,14-12+;;. The Bertz CT molecular complexity index is 3070. The Hall–Kier alpha value is -4.28. The molecule has 0 aromatic heterocycles. The lowest BCUT2D eigenvalue weighted by Gasteiger charge is -2.49. The van der Waals surface area contributed by atoms with Gasteiger partial charge in [-0.25, -0.2) is 20.0 Å². The Balaban J connectivity index is 0.000000109. The topological polar surface area (TPSA) is 124 Å². The van der Waals surface area contributed by atoms with Crippen molar-refractivity contribution in [2.24, 2.45) is 126 Å². The highest BCUT2D eigenvalue weighted by Crippen LogP contribution is 2.53. The average Bonchev–Trinajstić information content (AvgIpc) is 1.08. The average molecular weight is 1560 g/mol. The molecule has 2 amide bonds. The van der Waals surface area contributed by atoms with Crippen molar-refractivity contribution < 1.29 is 28.5 Å². The molecular formula is C103H159N5O6. The highest BCUT2D eigenvalue weighted by Gasteiger charge is 2.53. The van der Waals surface area contributed by atoms with Gasteiger partial charge in [-0.2, -0.15) is 0 Å². The smallest absolute Gasteiger partial charge is 0.232 e. The Morgan fingerprint density at radius 3 is 0.833 bits per heavy atom. The number of aliphatic imine (C=N–C) groups is 4. The molecule has 0 radical (unpaired) electrons. The van der Waals surface area contributed by atoms with Crippen molar-refractivity contribution in [3.05, 3.63) is 60.8 Å². The summed E-state index contributed by atoms with van der Waals surface area (Å²) < 4.78 is 24.8. The zero-order valence-electron chi connectivity index (χ0n) is 71.9. The van der Waals surface area contributed by atoms with Crippen LogP contribution in [0.1, 0.15) is 385 Å². The van der Waals surface area contributed by atoms with Crippen LogP contribution < -0.4 is 0 Å². The molecule has 0 bridgehead atoms. The second kappa shape index (κ2) is 42.3. The Kier molecular flexibility index (Phi) is 30.9. The van der Waals surface area contributed by atoms with Crippen LogP contribution >= 0.6 is 0 Å². The molecule has 16 fully saturated rings. The van der Waals surface area contributed by atoms with Crippen LogP contribution in [0.5, 0.6) is 0 Å². The van der Waals surface area contributed by atoms with E-state index < -0.39 is 0 Å². The number of rotatable bonds is 13. The fraction of sp³-hybridized carbons (Fsp3) is 0.845. The normalized spacial score (nSPS) is 40.2. The Morgan fingerprint density at radius 2 is 0.518 bits per heavy atom. The maximum Gasteiger partial charge on any atom is 0.232 e. The van der Waals surface area contributed by atoms with Gasteiger partial charge >= 0.3 is 0 Å². The molecule has 5 heterocycles. The monoisotopic (exact) mass is 1560 g/mol. The molecule has 632 valence electrons. The number of fused-ring (bicyclic) bond motifs is 5. The highest BCUT2D eigenvalue weighted by atomic mass is 16.5. The predicted molar refractivity (Wildman–Crippen MR) is 468 cm³/mol. The largest absolute Gasteiger partial charge is 0.475 e. The summed E-state index contributed by atoms with van der Waals surface area (Å²) in [6, 6.07) is 1.71. The molecule has 15 aliphatic carbocycles. The van der Waals surface area contributed by atoms with Crippen molar-refractivity contribution in [3.8, 4) is 0 Å². The van der Waals surface area contributed by atoms with E-state index in [-0.39, 0.29) is 23.7 Å². The summed E-state index contributed by atoms with van der Waals surface area (Å²) in [5.41, 5.74) is 0. The highest BCUT2D eigenvalue weighted by molar-refractivity contribution is 6.00. The summed E-state index contributed by atoms with van der Waals surface area (Å²) in [4.78, 5) is 45.2. The predicted octanol–water partition coefficient (Wildman–Crippen LogP) is 26.1. The number of amides is 2. The first kappa shape index (κ1) is 83.4. The number of carbonyl (C=O) groups is 2. The van der Waals surface area contributed by atoms with Gasteiger partial charge in [0.05, 0.1) is 24.2 Å². The number of piperidine rings is 1. The van der Waals surface area contributed by atoms with Gasteiger partial charge in [0.15, 0.2) is 11.8 Å². The van der Waals surface area contributed by atoms with Gasteiger partial charge in [0, 0.05) is 42.9 Å². The third-order valence-corrected chi connectivity index (χ3v) is 33.9. The van der Waals surface area contributed by atoms with E-state index in [1.807, 2.05) is 12.2 Å². The molecule has 0 aromatic carbocycles. The molecule has 0 N–H and O–H groups in total. The fourth-order valence-corrected chi connectivity index (χ4v) is 27.1. The zero-order chi connectivity index (χ0) is 77.2. The number of allylic oxidation sites excluding steroid dienone is 8. The van der Waals surface area contributed by atoms with Crippen LogP contribution in [0, 0.1) is 107 Å². The second-order valence-electron chi connectivity index (χ2n) is 41.4. The summed E-state index contributed by atoms with van der Waals surface area (Å²) in [5.74, 6) is 17.4. The van der Waals surface area contributed by atoms with Gasteiger partial charge in [-0.1, -0.05) is 190 Å². The summed E-state index contributed by atoms with van der Waals surface area (Å²) in [6.45, 7) is 0. The van der Waals surface area contributed by atoms with E-state index >= 15 is 0 Å². The molecule has 11 nitrogen and oxygen atoms in total. The van der Waals surface area contributed by atoms with Crippen LogP contribution in [0.25, 0.3) is 0 Å². The number of likely N-dealkylation sites (tertiary alicyclic amines) is 1. The molecule has 14 unspecified atom stereocenters. The number of nitrogens with zero attached hydrogens (tertiary/aromatic N) is 5. The number of hydrogen-bond donors (Lipinski definition) is 0. The molecular weight excluding hydrogens is 1400 g/mol. The van der Waals surface area contributed by atoms with E-state index in [2.05, 4.69) is 58.6 Å². The van der Waals surface area contributed by atoms with Gasteiger partial charge in [-0.3, -0.25) is 14.5 Å². The van der Waals surface area contributed by atoms with E-state index in [1.54, 1.807) is 7.05 Å². The maximum atomic E-state index is 12.1. The van der Waals surface area contributed by atoms with Crippen LogP contribution in [-0.4, -0.2) is 95.9 Å². The van der Waals surface area contributed by atoms with Gasteiger partial charge < -0.3 is 18.9 Å². The van der Waals surface area contributed by atoms with Crippen molar-refractivity contribution in [3.63, 3.8) is 0 Å².